The monoisotopic (exact) mass is 522 g/mol. The number of esters is 1. The molecular weight excluding hydrogens is 503 g/mol. The molecule has 1 atom stereocenters. The number of carbonyl (C=O) groups is 3. The first-order chi connectivity index (χ1) is 17.7. The summed E-state index contributed by atoms with van der Waals surface area (Å²) in [5.74, 6) is -16.0. The average Bonchev–Trinajstić information content (AvgIpc) is 2.91. The maximum Gasteiger partial charge on any atom is 0.407 e. The minimum absolute atomic E-state index is 0.0703. The predicted molar refractivity (Wildman–Crippen MR) is 119 cm³/mol. The molecule has 3 rings (SSSR count). The van der Waals surface area contributed by atoms with Gasteiger partial charge < -0.3 is 20.1 Å². The lowest BCUT2D eigenvalue weighted by Crippen LogP contribution is -2.48. The standard InChI is InChI=1S/C25H19F5N2O5/c26-18-19(27)21(29)23(22(30)20(18)28)37-24(34)16(11-14-7-3-1-4-8-14)32-17(33)12-31-25(35)36-13-15-9-5-2-6-10-15/h1-10,16H,11-13H2,(H,31,35)(H,32,33)/t16-/m0/s1. The van der Waals surface area contributed by atoms with Gasteiger partial charge in [-0.1, -0.05) is 60.7 Å². The third kappa shape index (κ3) is 7.26. The third-order valence-corrected chi connectivity index (χ3v) is 4.88. The SMILES string of the molecule is O=C(CNC(=O)OCc1ccccc1)N[C@@H](Cc1ccccc1)C(=O)Oc1c(F)c(F)c(F)c(F)c1F. The maximum absolute atomic E-state index is 14.0. The number of hydrogen-bond acceptors (Lipinski definition) is 5. The summed E-state index contributed by atoms with van der Waals surface area (Å²) in [6, 6.07) is 15.0. The van der Waals surface area contributed by atoms with E-state index >= 15 is 0 Å². The molecule has 0 unspecified atom stereocenters. The quantitative estimate of drug-likeness (QED) is 0.146. The number of halogens is 5. The molecule has 2 N–H and O–H groups in total. The fraction of sp³-hybridized carbons (Fsp3) is 0.160. The molecule has 0 bridgehead atoms. The van der Waals surface area contributed by atoms with Crippen LogP contribution < -0.4 is 15.4 Å². The van der Waals surface area contributed by atoms with Crippen molar-refractivity contribution >= 4 is 18.0 Å². The van der Waals surface area contributed by atoms with Crippen LogP contribution in [0.4, 0.5) is 26.7 Å². The summed E-state index contributed by atoms with van der Waals surface area (Å²) in [5, 5.41) is 4.37. The Balaban J connectivity index is 1.67. The summed E-state index contributed by atoms with van der Waals surface area (Å²) < 4.78 is 77.6. The fourth-order valence-electron chi connectivity index (χ4n) is 3.06. The van der Waals surface area contributed by atoms with E-state index in [1.54, 1.807) is 60.7 Å². The molecule has 0 aliphatic carbocycles. The van der Waals surface area contributed by atoms with Gasteiger partial charge in [-0.25, -0.2) is 22.8 Å². The van der Waals surface area contributed by atoms with Crippen LogP contribution in [0.15, 0.2) is 60.7 Å². The summed E-state index contributed by atoms with van der Waals surface area (Å²) in [7, 11) is 0. The Hall–Kier alpha value is -4.48. The maximum atomic E-state index is 14.0. The van der Waals surface area contributed by atoms with E-state index in [1.165, 1.54) is 0 Å². The van der Waals surface area contributed by atoms with Crippen LogP contribution in [0.1, 0.15) is 11.1 Å². The van der Waals surface area contributed by atoms with Gasteiger partial charge in [-0.05, 0) is 11.1 Å². The number of amides is 2. The molecule has 0 aromatic heterocycles. The molecule has 3 aromatic rings. The fourth-order valence-corrected chi connectivity index (χ4v) is 3.06. The number of benzene rings is 3. The van der Waals surface area contributed by atoms with Gasteiger partial charge in [0.1, 0.15) is 19.2 Å². The van der Waals surface area contributed by atoms with Crippen molar-refractivity contribution in [1.82, 2.24) is 10.6 Å². The zero-order valence-corrected chi connectivity index (χ0v) is 18.9. The van der Waals surface area contributed by atoms with Crippen molar-refractivity contribution in [1.29, 1.82) is 0 Å². The molecule has 0 saturated carbocycles. The highest BCUT2D eigenvalue weighted by Crippen LogP contribution is 2.29. The summed E-state index contributed by atoms with van der Waals surface area (Å²) >= 11 is 0. The Bertz CT molecular complexity index is 1250. The van der Waals surface area contributed by atoms with E-state index in [0.717, 1.165) is 0 Å². The Morgan fingerprint density at radius 1 is 0.730 bits per heavy atom. The lowest BCUT2D eigenvalue weighted by Gasteiger charge is -2.18. The molecule has 0 radical (unpaired) electrons. The first kappa shape index (κ1) is 27.1. The van der Waals surface area contributed by atoms with Crippen molar-refractivity contribution in [3.63, 3.8) is 0 Å². The van der Waals surface area contributed by atoms with Gasteiger partial charge in [0.25, 0.3) is 0 Å². The minimum Gasteiger partial charge on any atom is -0.445 e. The van der Waals surface area contributed by atoms with Gasteiger partial charge in [-0.2, -0.15) is 8.78 Å². The number of ether oxygens (including phenoxy) is 2. The van der Waals surface area contributed by atoms with E-state index in [9.17, 15) is 36.3 Å². The van der Waals surface area contributed by atoms with Crippen LogP contribution in [0.5, 0.6) is 5.75 Å². The first-order valence-corrected chi connectivity index (χ1v) is 10.7. The Kier molecular flexibility index (Phi) is 9.14. The van der Waals surface area contributed by atoms with Crippen LogP contribution >= 0.6 is 0 Å². The zero-order valence-electron chi connectivity index (χ0n) is 18.9. The van der Waals surface area contributed by atoms with Gasteiger partial charge in [-0.3, -0.25) is 4.79 Å². The van der Waals surface area contributed by atoms with E-state index < -0.39 is 65.4 Å². The third-order valence-electron chi connectivity index (χ3n) is 4.88. The predicted octanol–water partition coefficient (Wildman–Crippen LogP) is 3.94. The molecule has 0 spiro atoms. The molecule has 37 heavy (non-hydrogen) atoms. The zero-order chi connectivity index (χ0) is 26.9. The van der Waals surface area contributed by atoms with Gasteiger partial charge in [0, 0.05) is 6.42 Å². The molecular formula is C25H19F5N2O5. The lowest BCUT2D eigenvalue weighted by molar-refractivity contribution is -0.139. The highest BCUT2D eigenvalue weighted by atomic mass is 19.2. The number of alkyl carbamates (subject to hydrolysis) is 1. The van der Waals surface area contributed by atoms with E-state index in [4.69, 9.17) is 4.74 Å². The molecule has 7 nitrogen and oxygen atoms in total. The molecule has 0 heterocycles. The van der Waals surface area contributed by atoms with Crippen LogP contribution in [-0.2, 0) is 27.4 Å². The van der Waals surface area contributed by atoms with E-state index in [1.807, 2.05) is 0 Å². The van der Waals surface area contributed by atoms with E-state index in [2.05, 4.69) is 15.4 Å². The van der Waals surface area contributed by atoms with Gasteiger partial charge in [-0.15, -0.1) is 0 Å². The highest BCUT2D eigenvalue weighted by Gasteiger charge is 2.31. The Labute approximate surface area is 207 Å². The molecule has 2 amide bonds. The van der Waals surface area contributed by atoms with E-state index in [0.29, 0.717) is 11.1 Å². The molecule has 0 fully saturated rings. The molecule has 3 aromatic carbocycles. The summed E-state index contributed by atoms with van der Waals surface area (Å²) in [6.07, 6.45) is -1.21. The topological polar surface area (TPSA) is 93.7 Å². The normalized spacial score (nSPS) is 11.4. The number of nitrogens with one attached hydrogen (secondary N) is 2. The van der Waals surface area contributed by atoms with Crippen molar-refractivity contribution in [2.45, 2.75) is 19.1 Å². The molecule has 0 saturated heterocycles. The second-order valence-electron chi connectivity index (χ2n) is 7.55. The average molecular weight is 522 g/mol. The van der Waals surface area contributed by atoms with Crippen molar-refractivity contribution in [3.05, 3.63) is 101 Å². The van der Waals surface area contributed by atoms with E-state index in [-0.39, 0.29) is 13.0 Å². The minimum atomic E-state index is -2.42. The summed E-state index contributed by atoms with van der Waals surface area (Å²) in [6.45, 7) is -0.728. The van der Waals surface area contributed by atoms with Crippen LogP contribution in [0.3, 0.4) is 0 Å². The van der Waals surface area contributed by atoms with Crippen LogP contribution in [0.2, 0.25) is 0 Å². The molecule has 0 aliphatic heterocycles. The van der Waals surface area contributed by atoms with Crippen LogP contribution in [0, 0.1) is 29.1 Å². The second-order valence-corrected chi connectivity index (χ2v) is 7.55. The van der Waals surface area contributed by atoms with Crippen LogP contribution in [0.25, 0.3) is 0 Å². The van der Waals surface area contributed by atoms with Crippen molar-refractivity contribution in [3.8, 4) is 5.75 Å². The number of carbonyl (C=O) groups excluding carboxylic acids is 3. The highest BCUT2D eigenvalue weighted by molar-refractivity contribution is 5.88. The Morgan fingerprint density at radius 2 is 1.24 bits per heavy atom. The van der Waals surface area contributed by atoms with Crippen LogP contribution in [-0.4, -0.2) is 30.6 Å². The lowest BCUT2D eigenvalue weighted by atomic mass is 10.1. The summed E-state index contributed by atoms with van der Waals surface area (Å²) in [4.78, 5) is 36.8. The molecule has 12 heteroatoms. The second kappa shape index (κ2) is 12.5. The number of hydrogen-bond donors (Lipinski definition) is 2. The first-order valence-electron chi connectivity index (χ1n) is 10.7. The van der Waals surface area contributed by atoms with Crippen molar-refractivity contribution in [2.75, 3.05) is 6.54 Å². The van der Waals surface area contributed by atoms with Gasteiger partial charge in [0.2, 0.25) is 40.7 Å². The smallest absolute Gasteiger partial charge is 0.407 e. The Morgan fingerprint density at radius 3 is 1.81 bits per heavy atom. The molecule has 0 aliphatic rings. The van der Waals surface area contributed by atoms with Crippen molar-refractivity contribution < 1.29 is 45.8 Å². The molecule has 194 valence electrons. The largest absolute Gasteiger partial charge is 0.445 e. The van der Waals surface area contributed by atoms with Crippen molar-refractivity contribution in [2.24, 2.45) is 0 Å². The van der Waals surface area contributed by atoms with Gasteiger partial charge in [0.15, 0.2) is 0 Å². The summed E-state index contributed by atoms with van der Waals surface area (Å²) in [5.41, 5.74) is 1.17. The number of rotatable bonds is 9. The van der Waals surface area contributed by atoms with Gasteiger partial charge >= 0.3 is 12.1 Å². The van der Waals surface area contributed by atoms with Gasteiger partial charge in [0.05, 0.1) is 0 Å².